The lowest BCUT2D eigenvalue weighted by Gasteiger charge is -2.13. The minimum absolute atomic E-state index is 0.0405. The second-order valence-corrected chi connectivity index (χ2v) is 4.64. The summed E-state index contributed by atoms with van der Waals surface area (Å²) in [5.41, 5.74) is 0. The first-order valence-corrected chi connectivity index (χ1v) is 6.13. The van der Waals surface area contributed by atoms with E-state index in [1.165, 1.54) is 0 Å². The van der Waals surface area contributed by atoms with Crippen LogP contribution in [0.5, 0.6) is 0 Å². The van der Waals surface area contributed by atoms with Crippen LogP contribution in [-0.4, -0.2) is 29.6 Å². The predicted molar refractivity (Wildman–Crippen MR) is 57.4 cm³/mol. The Labute approximate surface area is 97.0 Å². The molecule has 0 amide bonds. The second-order valence-electron chi connectivity index (χ2n) is 3.49. The molecule has 1 nitrogen and oxygen atoms in total. The Balaban J connectivity index is 3.59. The number of hydrogen-bond acceptors (Lipinski definition) is 2. The molecule has 0 radical (unpaired) electrons. The van der Waals surface area contributed by atoms with Crippen molar-refractivity contribution in [2.24, 2.45) is 0 Å². The Morgan fingerprint density at radius 3 is 2.50 bits per heavy atom. The van der Waals surface area contributed by atoms with Crippen molar-refractivity contribution < 1.29 is 22.4 Å². The molecule has 0 aliphatic heterocycles. The molecule has 0 aromatic heterocycles. The highest BCUT2D eigenvalue weighted by molar-refractivity contribution is 8.13. The zero-order valence-electron chi connectivity index (χ0n) is 9.15. The molecule has 0 saturated carbocycles. The maximum absolute atomic E-state index is 13.0. The number of carbonyl (C=O) groups is 1. The third kappa shape index (κ3) is 7.96. The summed E-state index contributed by atoms with van der Waals surface area (Å²) in [6, 6.07) is 0. The Hall–Kier alpha value is -0.260. The van der Waals surface area contributed by atoms with Gasteiger partial charge >= 0.3 is 0 Å². The zero-order chi connectivity index (χ0) is 12.6. The SMILES string of the molecule is CCC(=O)SCCC(F)CCC(F)(F)CF. The van der Waals surface area contributed by atoms with E-state index in [9.17, 15) is 22.4 Å². The maximum Gasteiger partial charge on any atom is 0.276 e. The average Bonchev–Trinajstić information content (AvgIpc) is 2.26. The van der Waals surface area contributed by atoms with E-state index in [2.05, 4.69) is 0 Å². The summed E-state index contributed by atoms with van der Waals surface area (Å²) in [6.07, 6.45) is -2.11. The zero-order valence-corrected chi connectivity index (χ0v) is 9.96. The Bertz CT molecular complexity index is 211. The van der Waals surface area contributed by atoms with Crippen molar-refractivity contribution in [2.75, 3.05) is 12.4 Å². The van der Waals surface area contributed by atoms with Gasteiger partial charge < -0.3 is 0 Å². The van der Waals surface area contributed by atoms with Crippen LogP contribution in [0.4, 0.5) is 17.6 Å². The molecule has 0 aromatic carbocycles. The second kappa shape index (κ2) is 7.92. The van der Waals surface area contributed by atoms with Crippen LogP contribution in [-0.2, 0) is 4.79 Å². The number of alkyl halides is 4. The van der Waals surface area contributed by atoms with Gasteiger partial charge in [-0.2, -0.15) is 0 Å². The van der Waals surface area contributed by atoms with Crippen LogP contribution in [0.2, 0.25) is 0 Å². The van der Waals surface area contributed by atoms with Crippen molar-refractivity contribution in [1.29, 1.82) is 0 Å². The molecule has 0 rings (SSSR count). The molecule has 0 bridgehead atoms. The number of halogens is 4. The molecule has 0 fully saturated rings. The van der Waals surface area contributed by atoms with Gasteiger partial charge in [-0.3, -0.25) is 4.79 Å². The first-order chi connectivity index (χ1) is 7.41. The molecule has 0 aliphatic rings. The number of rotatable bonds is 8. The predicted octanol–water partition coefficient (Wildman–Crippen LogP) is 3.77. The quantitative estimate of drug-likeness (QED) is 0.618. The van der Waals surface area contributed by atoms with E-state index in [1.54, 1.807) is 6.92 Å². The minimum Gasteiger partial charge on any atom is -0.287 e. The third-order valence-electron chi connectivity index (χ3n) is 2.00. The van der Waals surface area contributed by atoms with E-state index in [0.717, 1.165) is 11.8 Å². The van der Waals surface area contributed by atoms with E-state index < -0.39 is 25.2 Å². The molecule has 6 heteroatoms. The molecule has 0 spiro atoms. The van der Waals surface area contributed by atoms with E-state index in [1.807, 2.05) is 0 Å². The smallest absolute Gasteiger partial charge is 0.276 e. The fourth-order valence-corrected chi connectivity index (χ4v) is 1.79. The fourth-order valence-electron chi connectivity index (χ4n) is 0.982. The Kier molecular flexibility index (Phi) is 7.80. The van der Waals surface area contributed by atoms with Crippen LogP contribution in [0.3, 0.4) is 0 Å². The lowest BCUT2D eigenvalue weighted by molar-refractivity contribution is -0.110. The summed E-state index contributed by atoms with van der Waals surface area (Å²) in [7, 11) is 0. The average molecular weight is 260 g/mol. The highest BCUT2D eigenvalue weighted by atomic mass is 32.2. The molecule has 0 heterocycles. The normalized spacial score (nSPS) is 13.8. The summed E-state index contributed by atoms with van der Waals surface area (Å²) >= 11 is 1.00. The first kappa shape index (κ1) is 15.7. The lowest BCUT2D eigenvalue weighted by Crippen LogP contribution is -2.20. The summed E-state index contributed by atoms with van der Waals surface area (Å²) in [6.45, 7) is -0.0488. The van der Waals surface area contributed by atoms with Crippen molar-refractivity contribution in [3.8, 4) is 0 Å². The number of thioether (sulfide) groups is 1. The lowest BCUT2D eigenvalue weighted by atomic mass is 10.1. The Morgan fingerprint density at radius 2 is 2.00 bits per heavy atom. The van der Waals surface area contributed by atoms with Crippen LogP contribution in [0.25, 0.3) is 0 Å². The van der Waals surface area contributed by atoms with Crippen LogP contribution in [0.1, 0.15) is 32.6 Å². The first-order valence-electron chi connectivity index (χ1n) is 5.14. The topological polar surface area (TPSA) is 17.1 Å². The van der Waals surface area contributed by atoms with Crippen molar-refractivity contribution in [1.82, 2.24) is 0 Å². The minimum atomic E-state index is -3.42. The highest BCUT2D eigenvalue weighted by Crippen LogP contribution is 2.24. The molecule has 0 saturated heterocycles. The molecule has 96 valence electrons. The van der Waals surface area contributed by atoms with E-state index in [4.69, 9.17) is 0 Å². The summed E-state index contributed by atoms with van der Waals surface area (Å²) in [5, 5.41) is -0.0405. The van der Waals surface area contributed by atoms with Crippen LogP contribution in [0.15, 0.2) is 0 Å². The fraction of sp³-hybridized carbons (Fsp3) is 0.900. The van der Waals surface area contributed by atoms with Gasteiger partial charge in [0.1, 0.15) is 6.17 Å². The molecule has 0 aliphatic carbocycles. The van der Waals surface area contributed by atoms with Gasteiger partial charge in [0, 0.05) is 18.6 Å². The van der Waals surface area contributed by atoms with Crippen molar-refractivity contribution in [3.05, 3.63) is 0 Å². The van der Waals surface area contributed by atoms with Gasteiger partial charge in [0.15, 0.2) is 11.8 Å². The van der Waals surface area contributed by atoms with E-state index in [0.29, 0.717) is 6.42 Å². The van der Waals surface area contributed by atoms with Gasteiger partial charge in [0.05, 0.1) is 0 Å². The van der Waals surface area contributed by atoms with Gasteiger partial charge in [-0.05, 0) is 12.8 Å². The number of carbonyl (C=O) groups excluding carboxylic acids is 1. The molecular weight excluding hydrogens is 244 g/mol. The molecule has 16 heavy (non-hydrogen) atoms. The van der Waals surface area contributed by atoms with Crippen molar-refractivity contribution in [2.45, 2.75) is 44.7 Å². The molecule has 0 aromatic rings. The summed E-state index contributed by atoms with van der Waals surface area (Å²) in [4.78, 5) is 10.8. The molecular formula is C10H16F4OS. The van der Waals surface area contributed by atoms with Crippen LogP contribution < -0.4 is 0 Å². The van der Waals surface area contributed by atoms with Gasteiger partial charge in [-0.15, -0.1) is 0 Å². The summed E-state index contributed by atoms with van der Waals surface area (Å²) < 4.78 is 49.6. The monoisotopic (exact) mass is 260 g/mol. The van der Waals surface area contributed by atoms with Gasteiger partial charge in [-0.1, -0.05) is 18.7 Å². The van der Waals surface area contributed by atoms with Crippen molar-refractivity contribution >= 4 is 16.9 Å². The van der Waals surface area contributed by atoms with Crippen LogP contribution >= 0.6 is 11.8 Å². The van der Waals surface area contributed by atoms with E-state index in [-0.39, 0.29) is 23.7 Å². The van der Waals surface area contributed by atoms with Gasteiger partial charge in [-0.25, -0.2) is 17.6 Å². The molecule has 1 unspecified atom stereocenters. The standard InChI is InChI=1S/C10H16F4OS/c1-2-9(15)16-6-4-8(12)3-5-10(13,14)7-11/h8H,2-7H2,1H3. The van der Waals surface area contributed by atoms with E-state index >= 15 is 0 Å². The summed E-state index contributed by atoms with van der Waals surface area (Å²) in [5.74, 6) is -3.13. The number of hydrogen-bond donors (Lipinski definition) is 0. The molecule has 1 atom stereocenters. The largest absolute Gasteiger partial charge is 0.287 e. The highest BCUT2D eigenvalue weighted by Gasteiger charge is 2.29. The van der Waals surface area contributed by atoms with Gasteiger partial charge in [0.25, 0.3) is 5.92 Å². The third-order valence-corrected chi connectivity index (χ3v) is 3.05. The Morgan fingerprint density at radius 1 is 1.38 bits per heavy atom. The molecule has 0 N–H and O–H groups in total. The van der Waals surface area contributed by atoms with Crippen molar-refractivity contribution in [3.63, 3.8) is 0 Å². The van der Waals surface area contributed by atoms with Gasteiger partial charge in [0.2, 0.25) is 0 Å². The van der Waals surface area contributed by atoms with Crippen LogP contribution in [0, 0.1) is 0 Å². The maximum atomic E-state index is 13.0.